The van der Waals surface area contributed by atoms with E-state index in [0.29, 0.717) is 11.5 Å². The number of rotatable bonds is 2. The first-order chi connectivity index (χ1) is 8.98. The van der Waals surface area contributed by atoms with Crippen LogP contribution in [0.4, 0.5) is 13.2 Å². The summed E-state index contributed by atoms with van der Waals surface area (Å²) in [5, 5.41) is 0. The molecule has 0 spiro atoms. The van der Waals surface area contributed by atoms with Crippen molar-refractivity contribution in [2.45, 2.75) is 43.0 Å². The Morgan fingerprint density at radius 2 is 2.05 bits per heavy atom. The van der Waals surface area contributed by atoms with E-state index in [4.69, 9.17) is 0 Å². The quantitative estimate of drug-likeness (QED) is 0.543. The van der Waals surface area contributed by atoms with Gasteiger partial charge in [0.1, 0.15) is 0 Å². The minimum atomic E-state index is -4.26. The zero-order chi connectivity index (χ0) is 13.9. The van der Waals surface area contributed by atoms with Crippen LogP contribution in [0.5, 0.6) is 0 Å². The first-order valence-electron chi connectivity index (χ1n) is 6.38. The SMILES string of the molecule is CCc1ccc(SC(F)(F)F)c(C#CC2CCC2)c1. The van der Waals surface area contributed by atoms with Crippen LogP contribution in [0.25, 0.3) is 0 Å². The van der Waals surface area contributed by atoms with Crippen LogP contribution in [0.1, 0.15) is 37.3 Å². The van der Waals surface area contributed by atoms with E-state index in [-0.39, 0.29) is 16.7 Å². The van der Waals surface area contributed by atoms with E-state index in [0.717, 1.165) is 24.8 Å². The van der Waals surface area contributed by atoms with Gasteiger partial charge in [0.2, 0.25) is 0 Å². The van der Waals surface area contributed by atoms with Gasteiger partial charge in [0.25, 0.3) is 0 Å². The second-order valence-corrected chi connectivity index (χ2v) is 5.74. The van der Waals surface area contributed by atoms with Crippen molar-refractivity contribution in [3.63, 3.8) is 0 Å². The highest BCUT2D eigenvalue weighted by Gasteiger charge is 2.30. The predicted octanol–water partition coefficient (Wildman–Crippen LogP) is 5.01. The van der Waals surface area contributed by atoms with Crippen molar-refractivity contribution in [3.8, 4) is 11.8 Å². The average molecular weight is 284 g/mol. The zero-order valence-corrected chi connectivity index (χ0v) is 11.5. The fourth-order valence-corrected chi connectivity index (χ4v) is 2.45. The van der Waals surface area contributed by atoms with Crippen molar-refractivity contribution in [1.29, 1.82) is 0 Å². The van der Waals surface area contributed by atoms with Gasteiger partial charge < -0.3 is 0 Å². The molecule has 0 amide bonds. The maximum Gasteiger partial charge on any atom is 0.446 e. The van der Waals surface area contributed by atoms with Crippen LogP contribution in [0.15, 0.2) is 23.1 Å². The van der Waals surface area contributed by atoms with Gasteiger partial charge in [0.05, 0.1) is 0 Å². The van der Waals surface area contributed by atoms with E-state index in [9.17, 15) is 13.2 Å². The molecule has 0 radical (unpaired) electrons. The summed E-state index contributed by atoms with van der Waals surface area (Å²) in [5.74, 6) is 6.39. The molecule has 0 unspecified atom stereocenters. The van der Waals surface area contributed by atoms with Gasteiger partial charge in [-0.25, -0.2) is 0 Å². The zero-order valence-electron chi connectivity index (χ0n) is 10.7. The van der Waals surface area contributed by atoms with E-state index in [1.54, 1.807) is 12.1 Å². The molecule has 4 heteroatoms. The van der Waals surface area contributed by atoms with Gasteiger partial charge in [-0.15, -0.1) is 0 Å². The Kier molecular flexibility index (Phi) is 4.46. The van der Waals surface area contributed by atoms with Crippen molar-refractivity contribution in [1.82, 2.24) is 0 Å². The average Bonchev–Trinajstić information content (AvgIpc) is 2.27. The minimum absolute atomic E-state index is 0.0787. The Bertz CT molecular complexity index is 504. The fraction of sp³-hybridized carbons (Fsp3) is 0.467. The van der Waals surface area contributed by atoms with Gasteiger partial charge in [-0.2, -0.15) is 13.2 Å². The Morgan fingerprint density at radius 1 is 1.32 bits per heavy atom. The number of aryl methyl sites for hydroxylation is 1. The lowest BCUT2D eigenvalue weighted by Crippen LogP contribution is -2.07. The number of thioether (sulfide) groups is 1. The molecule has 1 aliphatic carbocycles. The van der Waals surface area contributed by atoms with E-state index >= 15 is 0 Å². The Labute approximate surface area is 115 Å². The molecule has 0 nitrogen and oxygen atoms in total. The lowest BCUT2D eigenvalue weighted by Gasteiger charge is -2.18. The number of halogens is 3. The second-order valence-electron chi connectivity index (χ2n) is 4.63. The molecule has 102 valence electrons. The Morgan fingerprint density at radius 3 is 2.58 bits per heavy atom. The van der Waals surface area contributed by atoms with Crippen LogP contribution in [0.3, 0.4) is 0 Å². The fourth-order valence-electron chi connectivity index (χ4n) is 1.84. The first-order valence-corrected chi connectivity index (χ1v) is 7.20. The van der Waals surface area contributed by atoms with E-state index in [1.807, 2.05) is 6.92 Å². The maximum atomic E-state index is 12.5. The van der Waals surface area contributed by atoms with Gasteiger partial charge in [-0.1, -0.05) is 31.3 Å². The van der Waals surface area contributed by atoms with Crippen molar-refractivity contribution >= 4 is 11.8 Å². The minimum Gasteiger partial charge on any atom is -0.160 e. The first kappa shape index (κ1) is 14.3. The normalized spacial score (nSPS) is 15.6. The number of hydrogen-bond acceptors (Lipinski definition) is 1. The van der Waals surface area contributed by atoms with E-state index < -0.39 is 5.51 Å². The highest BCUT2D eigenvalue weighted by molar-refractivity contribution is 8.00. The molecule has 0 heterocycles. The molecule has 1 saturated carbocycles. The van der Waals surface area contributed by atoms with Gasteiger partial charge in [0, 0.05) is 16.4 Å². The van der Waals surface area contributed by atoms with Crippen LogP contribution in [-0.2, 0) is 6.42 Å². The molecule has 1 aromatic rings. The molecule has 0 aliphatic heterocycles. The summed E-state index contributed by atoms with van der Waals surface area (Å²) in [5.41, 5.74) is -2.74. The highest BCUT2D eigenvalue weighted by atomic mass is 32.2. The number of hydrogen-bond donors (Lipinski definition) is 0. The molecule has 0 aromatic heterocycles. The molecule has 2 rings (SSSR count). The monoisotopic (exact) mass is 284 g/mol. The predicted molar refractivity (Wildman–Crippen MR) is 72.0 cm³/mol. The summed E-state index contributed by atoms with van der Waals surface area (Å²) in [6, 6.07) is 5.05. The van der Waals surface area contributed by atoms with Gasteiger partial charge >= 0.3 is 5.51 Å². The smallest absolute Gasteiger partial charge is 0.160 e. The highest BCUT2D eigenvalue weighted by Crippen LogP contribution is 2.38. The summed E-state index contributed by atoms with van der Waals surface area (Å²) < 4.78 is 37.5. The Hall–Kier alpha value is -1.08. The van der Waals surface area contributed by atoms with Gasteiger partial charge in [-0.05, 0) is 48.7 Å². The molecule has 0 atom stereocenters. The van der Waals surface area contributed by atoms with Crippen molar-refractivity contribution < 1.29 is 13.2 Å². The molecule has 19 heavy (non-hydrogen) atoms. The summed E-state index contributed by atoms with van der Waals surface area (Å²) in [7, 11) is 0. The lowest BCUT2D eigenvalue weighted by atomic mass is 9.86. The summed E-state index contributed by atoms with van der Waals surface area (Å²) in [6.07, 6.45) is 4.12. The molecular formula is C15H15F3S. The molecular weight excluding hydrogens is 269 g/mol. The molecule has 1 fully saturated rings. The van der Waals surface area contributed by atoms with Crippen LogP contribution in [0, 0.1) is 17.8 Å². The summed E-state index contributed by atoms with van der Waals surface area (Å²) in [6.45, 7) is 1.98. The van der Waals surface area contributed by atoms with E-state index in [2.05, 4.69) is 11.8 Å². The summed E-state index contributed by atoms with van der Waals surface area (Å²) >= 11 is -0.0787. The van der Waals surface area contributed by atoms with Crippen LogP contribution in [0.2, 0.25) is 0 Å². The molecule has 0 N–H and O–H groups in total. The summed E-state index contributed by atoms with van der Waals surface area (Å²) in [4.78, 5) is 0.205. The lowest BCUT2D eigenvalue weighted by molar-refractivity contribution is -0.0328. The number of benzene rings is 1. The van der Waals surface area contributed by atoms with Crippen molar-refractivity contribution in [2.75, 3.05) is 0 Å². The molecule has 1 aromatic carbocycles. The largest absolute Gasteiger partial charge is 0.446 e. The topological polar surface area (TPSA) is 0 Å². The second kappa shape index (κ2) is 5.92. The Balaban J connectivity index is 2.26. The van der Waals surface area contributed by atoms with Gasteiger partial charge in [0.15, 0.2) is 0 Å². The van der Waals surface area contributed by atoms with E-state index in [1.165, 1.54) is 12.5 Å². The third kappa shape index (κ3) is 4.21. The van der Waals surface area contributed by atoms with Gasteiger partial charge in [-0.3, -0.25) is 0 Å². The number of alkyl halides is 3. The molecule has 1 aliphatic rings. The third-order valence-corrected chi connectivity index (χ3v) is 4.00. The maximum absolute atomic E-state index is 12.5. The van der Waals surface area contributed by atoms with Crippen LogP contribution < -0.4 is 0 Å². The third-order valence-electron chi connectivity index (χ3n) is 3.19. The van der Waals surface area contributed by atoms with Crippen LogP contribution >= 0.6 is 11.8 Å². The molecule has 0 bridgehead atoms. The van der Waals surface area contributed by atoms with Crippen molar-refractivity contribution in [2.24, 2.45) is 5.92 Å². The van der Waals surface area contributed by atoms with Crippen LogP contribution in [-0.4, -0.2) is 5.51 Å². The van der Waals surface area contributed by atoms with Crippen molar-refractivity contribution in [3.05, 3.63) is 29.3 Å². The molecule has 0 saturated heterocycles. The standard InChI is InChI=1S/C15H15F3S/c1-2-11-7-9-14(19-15(16,17)18)13(10-11)8-6-12-4-3-5-12/h7,9-10,12H,2-5H2,1H3.